The maximum atomic E-state index is 15.1. The van der Waals surface area contributed by atoms with E-state index in [1.165, 1.54) is 4.90 Å². The molecule has 0 saturated heterocycles. The van der Waals surface area contributed by atoms with E-state index in [-0.39, 0.29) is 34.2 Å². The molecule has 8 heteroatoms. The summed E-state index contributed by atoms with van der Waals surface area (Å²) < 4.78 is 15.1. The van der Waals surface area contributed by atoms with Crippen LogP contribution in [0.4, 0.5) is 9.18 Å². The van der Waals surface area contributed by atoms with Crippen LogP contribution in [0.15, 0.2) is 12.1 Å². The van der Waals surface area contributed by atoms with Crippen LogP contribution in [0.3, 0.4) is 0 Å². The summed E-state index contributed by atoms with van der Waals surface area (Å²) in [6.45, 7) is 7.65. The minimum Gasteiger partial charge on any atom is -0.465 e. The Morgan fingerprint density at radius 1 is 1.39 bits per heavy atom. The summed E-state index contributed by atoms with van der Waals surface area (Å²) in [5, 5.41) is 10.3. The Morgan fingerprint density at radius 3 is 2.57 bits per heavy atom. The number of carbonyl (C=O) groups is 2. The topological polar surface area (TPSA) is 99.4 Å². The molecule has 1 aromatic heterocycles. The molecule has 1 aromatic carbocycles. The van der Waals surface area contributed by atoms with Crippen LogP contribution >= 0.6 is 11.6 Å². The number of primary amides is 1. The molecule has 6 nitrogen and oxygen atoms in total. The number of aryl methyl sites for hydroxylation is 1. The summed E-state index contributed by atoms with van der Waals surface area (Å²) in [6.07, 6.45) is 1.24. The Labute approximate surface area is 167 Å². The fourth-order valence-electron chi connectivity index (χ4n) is 3.88. The second-order valence-electron chi connectivity index (χ2n) is 8.22. The molecule has 1 unspecified atom stereocenters. The number of rotatable bonds is 2. The fraction of sp³-hybridized carbons (Fsp3) is 0.400. The van der Waals surface area contributed by atoms with Gasteiger partial charge < -0.3 is 20.7 Å². The number of fused-ring (bicyclic) bond motifs is 1. The van der Waals surface area contributed by atoms with E-state index in [0.29, 0.717) is 28.6 Å². The normalized spacial score (nSPS) is 17.7. The van der Waals surface area contributed by atoms with E-state index in [9.17, 15) is 14.7 Å². The van der Waals surface area contributed by atoms with Crippen LogP contribution in [0.25, 0.3) is 16.5 Å². The standard InChI is InChI=1S/C20H23ClFN3O3/c1-9-16(21)15-14(12(22)7-11(18(23)26)17(15)24-9)10-5-6-13(20(2,3)4)25(8-10)19(27)28/h5,7,13,24H,6,8H2,1-4H3,(H2,23,26)(H,27,28). The Bertz CT molecular complexity index is 1020. The molecule has 0 fully saturated rings. The third kappa shape index (κ3) is 3.24. The van der Waals surface area contributed by atoms with Crippen LogP contribution in [-0.4, -0.2) is 39.6 Å². The molecule has 2 aromatic rings. The molecular formula is C20H23ClFN3O3. The summed E-state index contributed by atoms with van der Waals surface area (Å²) in [5.74, 6) is -1.43. The van der Waals surface area contributed by atoms with Crippen molar-refractivity contribution in [3.8, 4) is 0 Å². The Hall–Kier alpha value is -2.54. The first-order chi connectivity index (χ1) is 12.9. The first-order valence-electron chi connectivity index (χ1n) is 8.92. The second-order valence-corrected chi connectivity index (χ2v) is 8.59. The van der Waals surface area contributed by atoms with Crippen molar-refractivity contribution in [3.63, 3.8) is 0 Å². The van der Waals surface area contributed by atoms with Crippen molar-refractivity contribution in [1.82, 2.24) is 9.88 Å². The van der Waals surface area contributed by atoms with Crippen LogP contribution in [0.2, 0.25) is 5.02 Å². The quantitative estimate of drug-likeness (QED) is 0.680. The summed E-state index contributed by atoms with van der Waals surface area (Å²) in [7, 11) is 0. The third-order valence-electron chi connectivity index (χ3n) is 5.28. The maximum absolute atomic E-state index is 15.1. The van der Waals surface area contributed by atoms with E-state index in [0.717, 1.165) is 6.07 Å². The highest BCUT2D eigenvalue weighted by atomic mass is 35.5. The van der Waals surface area contributed by atoms with Gasteiger partial charge in [-0.3, -0.25) is 4.79 Å². The number of nitrogens with one attached hydrogen (secondary N) is 1. The van der Waals surface area contributed by atoms with E-state index < -0.39 is 17.8 Å². The molecule has 4 N–H and O–H groups in total. The van der Waals surface area contributed by atoms with E-state index >= 15 is 4.39 Å². The molecule has 150 valence electrons. The van der Waals surface area contributed by atoms with Crippen LogP contribution in [-0.2, 0) is 0 Å². The lowest BCUT2D eigenvalue weighted by Crippen LogP contribution is -2.49. The highest BCUT2D eigenvalue weighted by molar-refractivity contribution is 6.37. The molecule has 1 aliphatic heterocycles. The molecule has 1 atom stereocenters. The van der Waals surface area contributed by atoms with Crippen molar-refractivity contribution in [1.29, 1.82) is 0 Å². The zero-order chi connectivity index (χ0) is 21.0. The van der Waals surface area contributed by atoms with Gasteiger partial charge in [-0.2, -0.15) is 0 Å². The number of H-pyrrole nitrogens is 1. The van der Waals surface area contributed by atoms with Crippen molar-refractivity contribution >= 4 is 40.1 Å². The zero-order valence-corrected chi connectivity index (χ0v) is 16.9. The number of nitrogens with zero attached hydrogens (tertiary/aromatic N) is 1. The number of hydrogen-bond donors (Lipinski definition) is 3. The fourth-order valence-corrected chi connectivity index (χ4v) is 4.12. The van der Waals surface area contributed by atoms with Crippen molar-refractivity contribution in [3.05, 3.63) is 39.8 Å². The Kier molecular flexibility index (Phi) is 4.91. The lowest BCUT2D eigenvalue weighted by atomic mass is 9.80. The third-order valence-corrected chi connectivity index (χ3v) is 5.75. The van der Waals surface area contributed by atoms with E-state index in [1.807, 2.05) is 26.8 Å². The average molecular weight is 408 g/mol. The first kappa shape index (κ1) is 20.2. The maximum Gasteiger partial charge on any atom is 0.407 e. The van der Waals surface area contributed by atoms with Gasteiger partial charge >= 0.3 is 6.09 Å². The molecule has 0 bridgehead atoms. The Balaban J connectivity index is 2.23. The number of aromatic nitrogens is 1. The summed E-state index contributed by atoms with van der Waals surface area (Å²) in [5.41, 5.74) is 6.77. The molecule has 28 heavy (non-hydrogen) atoms. The van der Waals surface area contributed by atoms with Crippen molar-refractivity contribution in [2.45, 2.75) is 40.2 Å². The van der Waals surface area contributed by atoms with Gasteiger partial charge in [-0.25, -0.2) is 9.18 Å². The minimum absolute atomic E-state index is 0.00492. The van der Waals surface area contributed by atoms with Gasteiger partial charge in [0.2, 0.25) is 0 Å². The number of halogens is 2. The molecule has 0 saturated carbocycles. The SMILES string of the molecule is Cc1[nH]c2c(C(N)=O)cc(F)c(C3=CCC(C(C)(C)C)N(C(=O)O)C3)c2c1Cl. The van der Waals surface area contributed by atoms with Gasteiger partial charge in [0.15, 0.2) is 0 Å². The van der Waals surface area contributed by atoms with Crippen molar-refractivity contribution in [2.24, 2.45) is 11.1 Å². The van der Waals surface area contributed by atoms with Crippen molar-refractivity contribution in [2.75, 3.05) is 6.54 Å². The summed E-state index contributed by atoms with van der Waals surface area (Å²) in [6, 6.07) is 0.842. The van der Waals surface area contributed by atoms with Gasteiger partial charge in [-0.15, -0.1) is 0 Å². The summed E-state index contributed by atoms with van der Waals surface area (Å²) >= 11 is 6.41. The number of amides is 2. The van der Waals surface area contributed by atoms with Crippen LogP contribution < -0.4 is 5.73 Å². The Morgan fingerprint density at radius 2 is 2.04 bits per heavy atom. The molecule has 3 rings (SSSR count). The second kappa shape index (κ2) is 6.81. The van der Waals surface area contributed by atoms with Gasteiger partial charge in [0, 0.05) is 29.2 Å². The van der Waals surface area contributed by atoms with Crippen LogP contribution in [0, 0.1) is 18.2 Å². The smallest absolute Gasteiger partial charge is 0.407 e. The number of benzene rings is 1. The molecule has 0 spiro atoms. The number of nitrogens with two attached hydrogens (primary N) is 1. The molecule has 1 aliphatic rings. The van der Waals surface area contributed by atoms with Crippen LogP contribution in [0.1, 0.15) is 48.8 Å². The van der Waals surface area contributed by atoms with Gasteiger partial charge in [0.05, 0.1) is 16.1 Å². The summed E-state index contributed by atoms with van der Waals surface area (Å²) in [4.78, 5) is 27.9. The highest BCUT2D eigenvalue weighted by Gasteiger charge is 2.37. The number of carbonyl (C=O) groups excluding carboxylic acids is 1. The van der Waals surface area contributed by atoms with E-state index in [2.05, 4.69) is 4.98 Å². The van der Waals surface area contributed by atoms with Gasteiger partial charge in [0.25, 0.3) is 5.91 Å². The molecule has 2 heterocycles. The first-order valence-corrected chi connectivity index (χ1v) is 9.30. The molecular weight excluding hydrogens is 385 g/mol. The predicted molar refractivity (Wildman–Crippen MR) is 107 cm³/mol. The lowest BCUT2D eigenvalue weighted by Gasteiger charge is -2.41. The van der Waals surface area contributed by atoms with Gasteiger partial charge in [0.1, 0.15) is 5.82 Å². The zero-order valence-electron chi connectivity index (χ0n) is 16.2. The predicted octanol–water partition coefficient (Wildman–Crippen LogP) is 4.55. The van der Waals surface area contributed by atoms with Crippen molar-refractivity contribution < 1.29 is 19.1 Å². The monoisotopic (exact) mass is 407 g/mol. The molecule has 0 radical (unpaired) electrons. The van der Waals surface area contributed by atoms with Gasteiger partial charge in [-0.1, -0.05) is 38.4 Å². The highest BCUT2D eigenvalue weighted by Crippen LogP contribution is 2.40. The van der Waals surface area contributed by atoms with Gasteiger partial charge in [-0.05, 0) is 30.4 Å². The molecule has 2 amide bonds. The number of hydrogen-bond acceptors (Lipinski definition) is 2. The van der Waals surface area contributed by atoms with E-state index in [4.69, 9.17) is 17.3 Å². The minimum atomic E-state index is -1.06. The number of aromatic amines is 1. The lowest BCUT2D eigenvalue weighted by molar-refractivity contribution is 0.0885. The average Bonchev–Trinajstić information content (AvgIpc) is 2.88. The largest absolute Gasteiger partial charge is 0.465 e. The molecule has 0 aliphatic carbocycles. The number of carboxylic acid groups (broad SMARTS) is 1. The van der Waals surface area contributed by atoms with Crippen LogP contribution in [0.5, 0.6) is 0 Å². The van der Waals surface area contributed by atoms with E-state index in [1.54, 1.807) is 6.92 Å².